The molecule has 5 nitrogen and oxygen atoms in total. The Morgan fingerprint density at radius 3 is 2.48 bits per heavy atom. The first-order valence-corrected chi connectivity index (χ1v) is 8.97. The molecule has 1 aliphatic heterocycles. The van der Waals surface area contributed by atoms with Gasteiger partial charge in [-0.25, -0.2) is 0 Å². The third-order valence-electron chi connectivity index (χ3n) is 4.33. The Bertz CT molecular complexity index is 786. The van der Waals surface area contributed by atoms with Crippen molar-refractivity contribution in [1.82, 2.24) is 10.2 Å². The molecule has 0 atom stereocenters. The van der Waals surface area contributed by atoms with E-state index in [1.54, 1.807) is 29.2 Å². The Morgan fingerprint density at radius 1 is 1.08 bits per heavy atom. The van der Waals surface area contributed by atoms with Crippen LogP contribution in [0.3, 0.4) is 0 Å². The first-order chi connectivity index (χ1) is 12.0. The van der Waals surface area contributed by atoms with E-state index in [0.29, 0.717) is 37.1 Å². The van der Waals surface area contributed by atoms with Crippen LogP contribution in [0.2, 0.25) is 0 Å². The number of likely N-dealkylation sites (tertiary alicyclic amines) is 1. The zero-order chi connectivity index (χ0) is 17.8. The average Bonchev–Trinajstić information content (AvgIpc) is 2.62. The molecule has 0 spiro atoms. The van der Waals surface area contributed by atoms with Crippen molar-refractivity contribution in [3.8, 4) is 5.75 Å². The van der Waals surface area contributed by atoms with E-state index in [0.717, 1.165) is 4.47 Å². The van der Waals surface area contributed by atoms with Gasteiger partial charge in [-0.2, -0.15) is 0 Å². The van der Waals surface area contributed by atoms with E-state index < -0.39 is 0 Å². The fourth-order valence-corrected chi connectivity index (χ4v) is 3.42. The number of phenols is 1. The maximum absolute atomic E-state index is 12.5. The van der Waals surface area contributed by atoms with E-state index in [9.17, 15) is 14.7 Å². The number of nitrogens with one attached hydrogen (secondary N) is 1. The van der Waals surface area contributed by atoms with Crippen molar-refractivity contribution in [2.75, 3.05) is 13.1 Å². The molecule has 2 N–H and O–H groups in total. The smallest absolute Gasteiger partial charge is 0.253 e. The molecule has 1 heterocycles. The Hall–Kier alpha value is -2.34. The summed E-state index contributed by atoms with van der Waals surface area (Å²) in [6.45, 7) is 1.16. The predicted octanol–water partition coefficient (Wildman–Crippen LogP) is 3.19. The highest BCUT2D eigenvalue weighted by Crippen LogP contribution is 2.19. The summed E-state index contributed by atoms with van der Waals surface area (Å²) in [4.78, 5) is 26.6. The van der Waals surface area contributed by atoms with Gasteiger partial charge in [0, 0.05) is 29.2 Å². The number of aromatic hydroxyl groups is 1. The fourth-order valence-electron chi connectivity index (χ4n) is 2.96. The summed E-state index contributed by atoms with van der Waals surface area (Å²) >= 11 is 3.39. The van der Waals surface area contributed by atoms with Gasteiger partial charge >= 0.3 is 0 Å². The van der Waals surface area contributed by atoms with Gasteiger partial charge in [0.25, 0.3) is 11.8 Å². The van der Waals surface area contributed by atoms with Crippen molar-refractivity contribution in [3.63, 3.8) is 0 Å². The number of rotatable bonds is 3. The van der Waals surface area contributed by atoms with E-state index in [1.807, 2.05) is 18.2 Å². The van der Waals surface area contributed by atoms with Crippen molar-refractivity contribution in [2.24, 2.45) is 0 Å². The Morgan fingerprint density at radius 2 is 1.80 bits per heavy atom. The molecule has 0 saturated carbocycles. The number of nitrogens with zero attached hydrogens (tertiary/aromatic N) is 1. The lowest BCUT2D eigenvalue weighted by Crippen LogP contribution is -2.46. The Kier molecular flexibility index (Phi) is 5.38. The minimum atomic E-state index is -0.106. The van der Waals surface area contributed by atoms with Gasteiger partial charge in [-0.1, -0.05) is 18.2 Å². The van der Waals surface area contributed by atoms with E-state index in [2.05, 4.69) is 21.2 Å². The van der Waals surface area contributed by atoms with E-state index in [4.69, 9.17) is 0 Å². The second-order valence-electron chi connectivity index (χ2n) is 6.07. The van der Waals surface area contributed by atoms with Crippen LogP contribution in [0.5, 0.6) is 5.75 Å². The van der Waals surface area contributed by atoms with Crippen molar-refractivity contribution in [2.45, 2.75) is 18.9 Å². The lowest BCUT2D eigenvalue weighted by Gasteiger charge is -2.32. The first-order valence-electron chi connectivity index (χ1n) is 8.18. The molecule has 3 rings (SSSR count). The molecule has 0 aliphatic carbocycles. The van der Waals surface area contributed by atoms with Crippen LogP contribution in [0.1, 0.15) is 33.6 Å². The average molecular weight is 403 g/mol. The van der Waals surface area contributed by atoms with Crippen molar-refractivity contribution in [3.05, 3.63) is 64.1 Å². The van der Waals surface area contributed by atoms with Gasteiger partial charge in [-0.15, -0.1) is 0 Å². The van der Waals surface area contributed by atoms with Crippen LogP contribution in [0.4, 0.5) is 0 Å². The molecule has 6 heteroatoms. The van der Waals surface area contributed by atoms with Gasteiger partial charge in [-0.05, 0) is 59.1 Å². The van der Waals surface area contributed by atoms with Crippen LogP contribution in [-0.4, -0.2) is 41.0 Å². The molecule has 0 unspecified atom stereocenters. The molecule has 1 saturated heterocycles. The standard InChI is InChI=1S/C19H19BrN2O3/c20-17-7-2-1-6-16(17)18(24)21-14-8-10-22(11-9-14)19(25)13-4-3-5-15(23)12-13/h1-7,12,14,23H,8-11H2,(H,21,24). The summed E-state index contributed by atoms with van der Waals surface area (Å²) in [5.74, 6) is -0.113. The maximum Gasteiger partial charge on any atom is 0.253 e. The van der Waals surface area contributed by atoms with Gasteiger partial charge in [-0.3, -0.25) is 9.59 Å². The largest absolute Gasteiger partial charge is 0.508 e. The lowest BCUT2D eigenvalue weighted by molar-refractivity contribution is 0.0697. The minimum absolute atomic E-state index is 0.0489. The highest BCUT2D eigenvalue weighted by Gasteiger charge is 2.25. The number of halogens is 1. The Balaban J connectivity index is 1.56. The molecule has 0 aromatic heterocycles. The number of carbonyl (C=O) groups is 2. The van der Waals surface area contributed by atoms with E-state index in [1.165, 1.54) is 6.07 Å². The molecule has 2 aromatic carbocycles. The van der Waals surface area contributed by atoms with Crippen LogP contribution in [0.15, 0.2) is 53.0 Å². The van der Waals surface area contributed by atoms with Crippen molar-refractivity contribution in [1.29, 1.82) is 0 Å². The molecule has 0 bridgehead atoms. The quantitative estimate of drug-likeness (QED) is 0.827. The molecule has 130 valence electrons. The van der Waals surface area contributed by atoms with Gasteiger partial charge < -0.3 is 15.3 Å². The summed E-state index contributed by atoms with van der Waals surface area (Å²) in [5, 5.41) is 12.5. The number of benzene rings is 2. The fraction of sp³-hybridized carbons (Fsp3) is 0.263. The second kappa shape index (κ2) is 7.70. The van der Waals surface area contributed by atoms with E-state index >= 15 is 0 Å². The summed E-state index contributed by atoms with van der Waals surface area (Å²) in [5.41, 5.74) is 1.09. The maximum atomic E-state index is 12.5. The summed E-state index contributed by atoms with van der Waals surface area (Å²) in [6, 6.07) is 13.7. The number of piperidine rings is 1. The zero-order valence-corrected chi connectivity index (χ0v) is 15.2. The van der Waals surface area contributed by atoms with Gasteiger partial charge in [0.1, 0.15) is 5.75 Å². The molecule has 2 amide bonds. The number of amides is 2. The predicted molar refractivity (Wildman–Crippen MR) is 98.6 cm³/mol. The van der Waals surface area contributed by atoms with Crippen LogP contribution in [0, 0.1) is 0 Å². The third-order valence-corrected chi connectivity index (χ3v) is 5.02. The first kappa shape index (κ1) is 17.5. The van der Waals surface area contributed by atoms with Crippen LogP contribution in [-0.2, 0) is 0 Å². The molecule has 25 heavy (non-hydrogen) atoms. The summed E-state index contributed by atoms with van der Waals surface area (Å²) in [7, 11) is 0. The van der Waals surface area contributed by atoms with Crippen LogP contribution in [0.25, 0.3) is 0 Å². The topological polar surface area (TPSA) is 69.6 Å². The van der Waals surface area contributed by atoms with Crippen LogP contribution < -0.4 is 5.32 Å². The molecule has 0 radical (unpaired) electrons. The SMILES string of the molecule is O=C(NC1CCN(C(=O)c2cccc(O)c2)CC1)c1ccccc1Br. The molecule has 1 aliphatic rings. The molecule has 2 aromatic rings. The van der Waals surface area contributed by atoms with Gasteiger partial charge in [0.15, 0.2) is 0 Å². The monoisotopic (exact) mass is 402 g/mol. The van der Waals surface area contributed by atoms with E-state index in [-0.39, 0.29) is 23.6 Å². The second-order valence-corrected chi connectivity index (χ2v) is 6.92. The molecular formula is C19H19BrN2O3. The van der Waals surface area contributed by atoms with Crippen LogP contribution >= 0.6 is 15.9 Å². The Labute approximate surface area is 154 Å². The number of hydrogen-bond donors (Lipinski definition) is 2. The third kappa shape index (κ3) is 4.20. The normalized spacial score (nSPS) is 15.0. The highest BCUT2D eigenvalue weighted by atomic mass is 79.9. The number of carbonyl (C=O) groups excluding carboxylic acids is 2. The highest BCUT2D eigenvalue weighted by molar-refractivity contribution is 9.10. The minimum Gasteiger partial charge on any atom is -0.508 e. The molecular weight excluding hydrogens is 384 g/mol. The molecule has 1 fully saturated rings. The summed E-state index contributed by atoms with van der Waals surface area (Å²) < 4.78 is 0.768. The lowest BCUT2D eigenvalue weighted by atomic mass is 10.0. The van der Waals surface area contributed by atoms with Gasteiger partial charge in [0.2, 0.25) is 0 Å². The number of phenolic OH excluding ortho intramolecular Hbond substituents is 1. The van der Waals surface area contributed by atoms with Gasteiger partial charge in [0.05, 0.1) is 5.56 Å². The van der Waals surface area contributed by atoms with Crippen molar-refractivity contribution >= 4 is 27.7 Å². The zero-order valence-electron chi connectivity index (χ0n) is 13.6. The summed E-state index contributed by atoms with van der Waals surface area (Å²) in [6.07, 6.45) is 1.42. The number of hydrogen-bond acceptors (Lipinski definition) is 3. The van der Waals surface area contributed by atoms with Crippen molar-refractivity contribution < 1.29 is 14.7 Å².